The van der Waals surface area contributed by atoms with E-state index in [0.717, 1.165) is 5.56 Å². The first-order valence-corrected chi connectivity index (χ1v) is 6.24. The summed E-state index contributed by atoms with van der Waals surface area (Å²) in [6.07, 6.45) is 1.11. The molecule has 0 aromatic heterocycles. The monoisotopic (exact) mass is 265 g/mol. The highest BCUT2D eigenvalue weighted by molar-refractivity contribution is 5.74. The van der Waals surface area contributed by atoms with Gasteiger partial charge in [0.2, 0.25) is 0 Å². The Balaban J connectivity index is 2.75. The van der Waals surface area contributed by atoms with E-state index in [2.05, 4.69) is 0 Å². The highest BCUT2D eigenvalue weighted by Crippen LogP contribution is 2.32. The van der Waals surface area contributed by atoms with Crippen molar-refractivity contribution in [3.63, 3.8) is 0 Å². The largest absolute Gasteiger partial charge is 0.481 e. The van der Waals surface area contributed by atoms with E-state index in [9.17, 15) is 20.0 Å². The molecule has 5 heteroatoms. The van der Waals surface area contributed by atoms with Gasteiger partial charge in [0.1, 0.15) is 0 Å². The Hall–Kier alpha value is -1.91. The fourth-order valence-electron chi connectivity index (χ4n) is 1.83. The first kappa shape index (κ1) is 15.1. The van der Waals surface area contributed by atoms with Gasteiger partial charge in [-0.05, 0) is 31.2 Å². The number of nitro groups is 1. The van der Waals surface area contributed by atoms with Gasteiger partial charge >= 0.3 is 5.97 Å². The summed E-state index contributed by atoms with van der Waals surface area (Å²) < 4.78 is 0. The van der Waals surface area contributed by atoms with Crippen LogP contribution in [0.1, 0.15) is 32.8 Å². The minimum absolute atomic E-state index is 0.0306. The molecule has 19 heavy (non-hydrogen) atoms. The smallest absolute Gasteiger partial charge is 0.309 e. The third-order valence-corrected chi connectivity index (χ3v) is 3.84. The number of rotatable bonds is 6. The summed E-state index contributed by atoms with van der Waals surface area (Å²) in [5, 5.41) is 19.8. The summed E-state index contributed by atoms with van der Waals surface area (Å²) in [7, 11) is 0. The van der Waals surface area contributed by atoms with Crippen LogP contribution in [0.15, 0.2) is 24.3 Å². The van der Waals surface area contributed by atoms with Gasteiger partial charge in [-0.1, -0.05) is 26.0 Å². The van der Waals surface area contributed by atoms with Crippen molar-refractivity contribution >= 4 is 11.7 Å². The van der Waals surface area contributed by atoms with Crippen LogP contribution in [0.5, 0.6) is 0 Å². The summed E-state index contributed by atoms with van der Waals surface area (Å²) in [5.74, 6) is -0.771. The van der Waals surface area contributed by atoms with E-state index < -0.39 is 16.3 Å². The Morgan fingerprint density at radius 1 is 1.37 bits per heavy atom. The number of carboxylic acids is 1. The molecule has 0 radical (unpaired) electrons. The van der Waals surface area contributed by atoms with Gasteiger partial charge in [-0.2, -0.15) is 0 Å². The zero-order valence-electron chi connectivity index (χ0n) is 11.4. The maximum Gasteiger partial charge on any atom is 0.309 e. The second kappa shape index (κ2) is 5.82. The average Bonchev–Trinajstić information content (AvgIpc) is 2.35. The van der Waals surface area contributed by atoms with E-state index >= 15 is 0 Å². The van der Waals surface area contributed by atoms with Gasteiger partial charge in [0, 0.05) is 12.1 Å². The lowest BCUT2D eigenvalue weighted by atomic mass is 9.75. The van der Waals surface area contributed by atoms with E-state index in [1.165, 1.54) is 12.1 Å². The average molecular weight is 265 g/mol. The summed E-state index contributed by atoms with van der Waals surface area (Å²) in [6, 6.07) is 6.26. The molecule has 0 aliphatic heterocycles. The number of aryl methyl sites for hydroxylation is 1. The quantitative estimate of drug-likeness (QED) is 0.632. The number of nitro benzene ring substituents is 1. The molecule has 1 aromatic rings. The highest BCUT2D eigenvalue weighted by atomic mass is 16.6. The fraction of sp³-hybridized carbons (Fsp3) is 0.500. The third-order valence-electron chi connectivity index (χ3n) is 3.84. The number of aliphatic carboxylic acids is 1. The molecule has 1 unspecified atom stereocenters. The van der Waals surface area contributed by atoms with Crippen LogP contribution in [0.25, 0.3) is 0 Å². The molecule has 1 atom stereocenters. The minimum Gasteiger partial charge on any atom is -0.481 e. The molecule has 0 spiro atoms. The molecule has 0 fully saturated rings. The van der Waals surface area contributed by atoms with Crippen LogP contribution in [0, 0.1) is 21.4 Å². The van der Waals surface area contributed by atoms with Gasteiger partial charge in [0.15, 0.2) is 0 Å². The normalized spacial score (nSPS) is 14.1. The zero-order chi connectivity index (χ0) is 14.6. The van der Waals surface area contributed by atoms with Gasteiger partial charge in [-0.25, -0.2) is 0 Å². The molecule has 0 aliphatic carbocycles. The van der Waals surface area contributed by atoms with E-state index in [1.807, 2.05) is 13.8 Å². The lowest BCUT2D eigenvalue weighted by molar-refractivity contribution is -0.384. The Morgan fingerprint density at radius 2 is 1.89 bits per heavy atom. The molecule has 1 rings (SSSR count). The number of nitrogens with zero attached hydrogens (tertiary/aromatic N) is 1. The topological polar surface area (TPSA) is 80.4 Å². The van der Waals surface area contributed by atoms with Crippen LogP contribution in [0.4, 0.5) is 5.69 Å². The molecular formula is C14H19NO4. The van der Waals surface area contributed by atoms with Crippen LogP contribution in [-0.2, 0) is 11.2 Å². The SMILES string of the molecule is CC(C)C(C)(CCc1ccc([N+](=O)[O-])cc1)C(=O)O. The van der Waals surface area contributed by atoms with Crippen LogP contribution < -0.4 is 0 Å². The second-order valence-corrected chi connectivity index (χ2v) is 5.30. The van der Waals surface area contributed by atoms with Crippen molar-refractivity contribution in [2.75, 3.05) is 0 Å². The first-order chi connectivity index (χ1) is 8.77. The lowest BCUT2D eigenvalue weighted by Gasteiger charge is -2.29. The van der Waals surface area contributed by atoms with Crippen molar-refractivity contribution in [3.8, 4) is 0 Å². The Kier molecular flexibility index (Phi) is 4.64. The molecule has 0 aliphatic rings. The number of hydrogen-bond acceptors (Lipinski definition) is 3. The van der Waals surface area contributed by atoms with Crippen molar-refractivity contribution < 1.29 is 14.8 Å². The summed E-state index contributed by atoms with van der Waals surface area (Å²) in [4.78, 5) is 21.4. The summed E-state index contributed by atoms with van der Waals surface area (Å²) in [6.45, 7) is 5.53. The Labute approximate surface area is 112 Å². The van der Waals surface area contributed by atoms with Gasteiger partial charge in [-0.15, -0.1) is 0 Å². The van der Waals surface area contributed by atoms with Crippen molar-refractivity contribution in [2.24, 2.45) is 11.3 Å². The maximum absolute atomic E-state index is 11.3. The van der Waals surface area contributed by atoms with Gasteiger partial charge < -0.3 is 5.11 Å². The Morgan fingerprint density at radius 3 is 2.26 bits per heavy atom. The van der Waals surface area contributed by atoms with Crippen molar-refractivity contribution in [2.45, 2.75) is 33.6 Å². The van der Waals surface area contributed by atoms with Crippen molar-refractivity contribution in [1.29, 1.82) is 0 Å². The highest BCUT2D eigenvalue weighted by Gasteiger charge is 2.35. The minimum atomic E-state index is -0.801. The molecular weight excluding hydrogens is 246 g/mol. The predicted molar refractivity (Wildman–Crippen MR) is 72.0 cm³/mol. The summed E-state index contributed by atoms with van der Waals surface area (Å²) in [5.41, 5.74) is 0.189. The van der Waals surface area contributed by atoms with Gasteiger partial charge in [-0.3, -0.25) is 14.9 Å². The van der Waals surface area contributed by atoms with E-state index in [0.29, 0.717) is 12.8 Å². The molecule has 104 valence electrons. The molecule has 0 saturated heterocycles. The van der Waals surface area contributed by atoms with Crippen LogP contribution in [-0.4, -0.2) is 16.0 Å². The van der Waals surface area contributed by atoms with E-state index in [-0.39, 0.29) is 11.6 Å². The van der Waals surface area contributed by atoms with Crippen molar-refractivity contribution in [3.05, 3.63) is 39.9 Å². The molecule has 0 bridgehead atoms. The molecule has 5 nitrogen and oxygen atoms in total. The van der Waals surface area contributed by atoms with Gasteiger partial charge in [0.05, 0.1) is 10.3 Å². The number of carbonyl (C=O) groups is 1. The van der Waals surface area contributed by atoms with Gasteiger partial charge in [0.25, 0.3) is 5.69 Å². The van der Waals surface area contributed by atoms with E-state index in [1.54, 1.807) is 19.1 Å². The molecule has 0 heterocycles. The number of hydrogen-bond donors (Lipinski definition) is 1. The standard InChI is InChI=1S/C14H19NO4/c1-10(2)14(3,13(16)17)9-8-11-4-6-12(7-5-11)15(18)19/h4-7,10H,8-9H2,1-3H3,(H,16,17). The zero-order valence-corrected chi connectivity index (χ0v) is 11.4. The third kappa shape index (κ3) is 3.53. The first-order valence-electron chi connectivity index (χ1n) is 6.24. The Bertz CT molecular complexity index is 467. The van der Waals surface area contributed by atoms with Crippen LogP contribution in [0.3, 0.4) is 0 Å². The summed E-state index contributed by atoms with van der Waals surface area (Å²) >= 11 is 0. The molecule has 1 aromatic carbocycles. The van der Waals surface area contributed by atoms with Crippen molar-refractivity contribution in [1.82, 2.24) is 0 Å². The number of carboxylic acid groups (broad SMARTS) is 1. The van der Waals surface area contributed by atoms with Crippen LogP contribution in [0.2, 0.25) is 0 Å². The molecule has 0 amide bonds. The fourth-order valence-corrected chi connectivity index (χ4v) is 1.83. The lowest BCUT2D eigenvalue weighted by Crippen LogP contribution is -2.33. The molecule has 1 N–H and O–H groups in total. The second-order valence-electron chi connectivity index (χ2n) is 5.30. The maximum atomic E-state index is 11.3. The molecule has 0 saturated carbocycles. The van der Waals surface area contributed by atoms with E-state index in [4.69, 9.17) is 0 Å². The predicted octanol–water partition coefficient (Wildman–Crippen LogP) is 3.27. The number of non-ortho nitro benzene ring substituents is 1. The van der Waals surface area contributed by atoms with Crippen LogP contribution >= 0.6 is 0 Å². The number of benzene rings is 1.